The molecule has 0 aliphatic rings. The van der Waals surface area contributed by atoms with Crippen molar-refractivity contribution in [3.05, 3.63) is 53.6 Å². The van der Waals surface area contributed by atoms with E-state index in [0.717, 1.165) is 6.07 Å². The number of hydrogen-bond donors (Lipinski definition) is 2. The van der Waals surface area contributed by atoms with E-state index < -0.39 is 17.6 Å². The fourth-order valence-electron chi connectivity index (χ4n) is 1.57. The van der Waals surface area contributed by atoms with Crippen molar-refractivity contribution in [3.63, 3.8) is 0 Å². The molecule has 0 saturated carbocycles. The molecule has 0 amide bonds. The van der Waals surface area contributed by atoms with Gasteiger partial charge in [0.2, 0.25) is 0 Å². The van der Waals surface area contributed by atoms with Crippen molar-refractivity contribution in [2.24, 2.45) is 5.73 Å². The fourth-order valence-corrected chi connectivity index (χ4v) is 1.69. The Morgan fingerprint density at radius 1 is 1.19 bits per heavy atom. The van der Waals surface area contributed by atoms with Crippen LogP contribution in [-0.2, 0) is 6.18 Å². The molecule has 2 aromatic rings. The van der Waals surface area contributed by atoms with Gasteiger partial charge in [-0.1, -0.05) is 12.2 Å². The smallest absolute Gasteiger partial charge is 0.388 e. The minimum atomic E-state index is -4.54. The summed E-state index contributed by atoms with van der Waals surface area (Å²) in [5, 5.41) is 2.53. The highest BCUT2D eigenvalue weighted by Crippen LogP contribution is 2.32. The third-order valence-electron chi connectivity index (χ3n) is 2.59. The second-order valence-corrected chi connectivity index (χ2v) is 4.55. The Hall–Kier alpha value is -2.22. The Bertz CT molecular complexity index is 668. The number of alkyl halides is 3. The van der Waals surface area contributed by atoms with Crippen LogP contribution in [0.1, 0.15) is 11.3 Å². The molecule has 1 heterocycles. The highest BCUT2D eigenvalue weighted by Gasteiger charge is 2.31. The maximum atomic E-state index is 13.6. The third kappa shape index (κ3) is 3.66. The highest BCUT2D eigenvalue weighted by molar-refractivity contribution is 7.80. The van der Waals surface area contributed by atoms with E-state index >= 15 is 0 Å². The van der Waals surface area contributed by atoms with E-state index in [4.69, 9.17) is 18.0 Å². The van der Waals surface area contributed by atoms with Gasteiger partial charge in [-0.05, 0) is 30.3 Å². The highest BCUT2D eigenvalue weighted by atomic mass is 32.1. The van der Waals surface area contributed by atoms with Gasteiger partial charge in [-0.2, -0.15) is 13.2 Å². The van der Waals surface area contributed by atoms with Gasteiger partial charge < -0.3 is 11.1 Å². The molecule has 3 nitrogen and oxygen atoms in total. The van der Waals surface area contributed by atoms with E-state index in [0.29, 0.717) is 23.5 Å². The lowest BCUT2D eigenvalue weighted by atomic mass is 10.2. The molecule has 0 saturated heterocycles. The molecule has 0 spiro atoms. The van der Waals surface area contributed by atoms with Gasteiger partial charge in [-0.15, -0.1) is 0 Å². The van der Waals surface area contributed by atoms with Crippen LogP contribution in [0.5, 0.6) is 0 Å². The molecule has 0 atom stereocenters. The Morgan fingerprint density at radius 2 is 1.90 bits per heavy atom. The van der Waals surface area contributed by atoms with Crippen LogP contribution in [0, 0.1) is 5.82 Å². The van der Waals surface area contributed by atoms with E-state index in [2.05, 4.69) is 10.3 Å². The van der Waals surface area contributed by atoms with Crippen LogP contribution in [0.2, 0.25) is 0 Å². The summed E-state index contributed by atoms with van der Waals surface area (Å²) in [4.78, 5) is 3.99. The molecule has 0 unspecified atom stereocenters. The number of pyridine rings is 1. The molecule has 1 aromatic heterocycles. The lowest BCUT2D eigenvalue weighted by Gasteiger charge is -2.11. The number of nitrogens with two attached hydrogens (primary N) is 1. The van der Waals surface area contributed by atoms with E-state index in [-0.39, 0.29) is 10.7 Å². The second kappa shape index (κ2) is 5.65. The number of benzene rings is 1. The Balaban J connectivity index is 2.28. The summed E-state index contributed by atoms with van der Waals surface area (Å²) in [7, 11) is 0. The molecule has 1 aromatic carbocycles. The Labute approximate surface area is 122 Å². The first-order chi connectivity index (χ1) is 9.77. The molecule has 0 aliphatic heterocycles. The summed E-state index contributed by atoms with van der Waals surface area (Å²) < 4.78 is 51.3. The molecule has 110 valence electrons. The SMILES string of the molecule is NC(=S)c1ccc(Nc2cc(C(F)(F)F)ccc2F)cn1. The van der Waals surface area contributed by atoms with Gasteiger partial charge in [-0.25, -0.2) is 4.39 Å². The minimum absolute atomic E-state index is 0.0896. The maximum Gasteiger partial charge on any atom is 0.416 e. The number of nitrogens with one attached hydrogen (secondary N) is 1. The summed E-state index contributed by atoms with van der Waals surface area (Å²) in [5.74, 6) is -0.804. The summed E-state index contributed by atoms with van der Waals surface area (Å²) in [6.07, 6.45) is -3.24. The average molecular weight is 315 g/mol. The number of nitrogens with zero attached hydrogens (tertiary/aromatic N) is 1. The number of thiocarbonyl (C=S) groups is 1. The van der Waals surface area contributed by atoms with Crippen LogP contribution < -0.4 is 11.1 Å². The zero-order chi connectivity index (χ0) is 15.6. The van der Waals surface area contributed by atoms with Crippen molar-refractivity contribution >= 4 is 28.6 Å². The molecular weight excluding hydrogens is 306 g/mol. The van der Waals surface area contributed by atoms with Gasteiger partial charge in [0, 0.05) is 0 Å². The predicted molar refractivity (Wildman–Crippen MR) is 74.8 cm³/mol. The molecule has 8 heteroatoms. The van der Waals surface area contributed by atoms with Crippen LogP contribution >= 0.6 is 12.2 Å². The Kier molecular flexibility index (Phi) is 4.08. The molecular formula is C13H9F4N3S. The van der Waals surface area contributed by atoms with Crippen LogP contribution in [0.25, 0.3) is 0 Å². The molecule has 3 N–H and O–H groups in total. The van der Waals surface area contributed by atoms with Crippen molar-refractivity contribution in [1.82, 2.24) is 4.98 Å². The molecule has 0 radical (unpaired) electrons. The minimum Gasteiger partial charge on any atom is -0.388 e. The van der Waals surface area contributed by atoms with E-state index in [1.54, 1.807) is 0 Å². The van der Waals surface area contributed by atoms with Gasteiger partial charge in [0.05, 0.1) is 28.8 Å². The third-order valence-corrected chi connectivity index (χ3v) is 2.80. The zero-order valence-electron chi connectivity index (χ0n) is 10.4. The first kappa shape index (κ1) is 15.2. The van der Waals surface area contributed by atoms with Crippen molar-refractivity contribution in [2.45, 2.75) is 6.18 Å². The van der Waals surface area contributed by atoms with Gasteiger partial charge in [0.25, 0.3) is 0 Å². The monoisotopic (exact) mass is 315 g/mol. The maximum absolute atomic E-state index is 13.6. The van der Waals surface area contributed by atoms with Crippen molar-refractivity contribution in [3.8, 4) is 0 Å². The molecule has 0 fully saturated rings. The summed E-state index contributed by atoms with van der Waals surface area (Å²) >= 11 is 4.72. The largest absolute Gasteiger partial charge is 0.416 e. The lowest BCUT2D eigenvalue weighted by Crippen LogP contribution is -2.11. The lowest BCUT2D eigenvalue weighted by molar-refractivity contribution is -0.137. The topological polar surface area (TPSA) is 50.9 Å². The summed E-state index contributed by atoms with van der Waals surface area (Å²) in [6, 6.07) is 5.09. The van der Waals surface area contributed by atoms with Crippen molar-refractivity contribution < 1.29 is 17.6 Å². The number of aromatic nitrogens is 1. The molecule has 21 heavy (non-hydrogen) atoms. The summed E-state index contributed by atoms with van der Waals surface area (Å²) in [6.45, 7) is 0. The van der Waals surface area contributed by atoms with Gasteiger partial charge in [-0.3, -0.25) is 4.98 Å². The van der Waals surface area contributed by atoms with Crippen LogP contribution in [0.4, 0.5) is 28.9 Å². The molecule has 0 bridgehead atoms. The van der Waals surface area contributed by atoms with E-state index in [9.17, 15) is 17.6 Å². The molecule has 0 aliphatic carbocycles. The standard InChI is InChI=1S/C13H9F4N3S/c14-9-3-1-7(13(15,16)17)5-11(9)20-8-2-4-10(12(18)21)19-6-8/h1-6,20H,(H2,18,21). The number of anilines is 2. The second-order valence-electron chi connectivity index (χ2n) is 4.11. The summed E-state index contributed by atoms with van der Waals surface area (Å²) in [5.41, 5.74) is 4.80. The first-order valence-electron chi connectivity index (χ1n) is 5.67. The van der Waals surface area contributed by atoms with Crippen LogP contribution in [0.3, 0.4) is 0 Å². The van der Waals surface area contributed by atoms with Crippen LogP contribution in [0.15, 0.2) is 36.5 Å². The first-order valence-corrected chi connectivity index (χ1v) is 6.08. The van der Waals surface area contributed by atoms with E-state index in [1.807, 2.05) is 0 Å². The fraction of sp³-hybridized carbons (Fsp3) is 0.0769. The van der Waals surface area contributed by atoms with Gasteiger partial charge >= 0.3 is 6.18 Å². The predicted octanol–water partition coefficient (Wildman–Crippen LogP) is 3.62. The Morgan fingerprint density at radius 3 is 2.43 bits per heavy atom. The number of hydrogen-bond acceptors (Lipinski definition) is 3. The quantitative estimate of drug-likeness (QED) is 0.671. The number of halogens is 4. The zero-order valence-corrected chi connectivity index (χ0v) is 11.2. The van der Waals surface area contributed by atoms with E-state index in [1.165, 1.54) is 18.3 Å². The normalized spacial score (nSPS) is 11.2. The van der Waals surface area contributed by atoms with Gasteiger partial charge in [0.15, 0.2) is 0 Å². The van der Waals surface area contributed by atoms with Crippen molar-refractivity contribution in [2.75, 3.05) is 5.32 Å². The van der Waals surface area contributed by atoms with Crippen molar-refractivity contribution in [1.29, 1.82) is 0 Å². The van der Waals surface area contributed by atoms with Gasteiger partial charge in [0.1, 0.15) is 10.8 Å². The number of rotatable bonds is 3. The molecule has 2 rings (SSSR count). The average Bonchev–Trinajstić information content (AvgIpc) is 2.40. The van der Waals surface area contributed by atoms with Crippen LogP contribution in [-0.4, -0.2) is 9.97 Å².